The Labute approximate surface area is 148 Å². The van der Waals surface area contributed by atoms with E-state index in [1.165, 1.54) is 28.6 Å². The van der Waals surface area contributed by atoms with Gasteiger partial charge < -0.3 is 5.32 Å². The smallest absolute Gasteiger partial charge is 0.360 e. The number of carbonyl (C=O) groups excluding carboxylic acids is 1. The molecule has 5 nitrogen and oxygen atoms in total. The molecule has 10 heteroatoms. The molecule has 0 aromatic heterocycles. The van der Waals surface area contributed by atoms with Gasteiger partial charge in [0.2, 0.25) is 10.0 Å². The Morgan fingerprint density at radius 1 is 1.20 bits per heavy atom. The second-order valence-electron chi connectivity index (χ2n) is 5.46. The lowest BCUT2D eigenvalue weighted by atomic mass is 10.2. The summed E-state index contributed by atoms with van der Waals surface area (Å²) in [7, 11) is -3.67. The van der Waals surface area contributed by atoms with Gasteiger partial charge in [-0.2, -0.15) is 17.5 Å². The number of benzene rings is 1. The summed E-state index contributed by atoms with van der Waals surface area (Å²) in [4.78, 5) is 11.0. The molecule has 0 spiro atoms. The Morgan fingerprint density at radius 2 is 1.84 bits per heavy atom. The fourth-order valence-corrected chi connectivity index (χ4v) is 4.07. The molecule has 1 fully saturated rings. The second-order valence-corrected chi connectivity index (χ2v) is 7.80. The molecule has 2 rings (SSSR count). The van der Waals surface area contributed by atoms with Crippen LogP contribution in [0.3, 0.4) is 0 Å². The van der Waals surface area contributed by atoms with Crippen LogP contribution >= 0.6 is 11.6 Å². The van der Waals surface area contributed by atoms with Crippen molar-refractivity contribution in [3.05, 3.63) is 35.5 Å². The Hall–Kier alpha value is -1.58. The van der Waals surface area contributed by atoms with Crippen molar-refractivity contribution >= 4 is 33.1 Å². The number of rotatable bonds is 5. The largest absolute Gasteiger partial charge is 0.455 e. The average Bonchev–Trinajstić information content (AvgIpc) is 2.59. The lowest BCUT2D eigenvalue weighted by Gasteiger charge is -2.26. The monoisotopic (exact) mass is 396 g/mol. The number of hydrogen-bond acceptors (Lipinski definition) is 4. The molecule has 1 aliphatic heterocycles. The van der Waals surface area contributed by atoms with E-state index in [-0.39, 0.29) is 10.6 Å². The maximum Gasteiger partial charge on any atom is 0.455 e. The first-order valence-electron chi connectivity index (χ1n) is 7.46. The van der Waals surface area contributed by atoms with Gasteiger partial charge in [0.15, 0.2) is 0 Å². The predicted molar refractivity (Wildman–Crippen MR) is 87.7 cm³/mol. The van der Waals surface area contributed by atoms with Crippen molar-refractivity contribution in [3.63, 3.8) is 0 Å². The molecular formula is C15H16ClF3N2O3S. The molecule has 1 heterocycles. The van der Waals surface area contributed by atoms with Crippen molar-refractivity contribution in [1.29, 1.82) is 0 Å². The maximum absolute atomic E-state index is 12.6. The third-order valence-corrected chi connectivity index (χ3v) is 5.80. The quantitative estimate of drug-likeness (QED) is 0.774. The maximum atomic E-state index is 12.6. The van der Waals surface area contributed by atoms with Gasteiger partial charge in [-0.05, 0) is 31.0 Å². The standard InChI is InChI=1S/C15H16ClF3N2O3S/c16-13(14(22)15(17,18)19)10-20-11-5-4-6-12(9-11)25(23,24)21-7-2-1-3-8-21/h4-6,9-10,20H,1-3,7-8H2/b13-10-. The van der Waals surface area contributed by atoms with Crippen LogP contribution in [0.15, 0.2) is 40.4 Å². The lowest BCUT2D eigenvalue weighted by Crippen LogP contribution is -2.35. The number of carbonyl (C=O) groups is 1. The summed E-state index contributed by atoms with van der Waals surface area (Å²) in [6.45, 7) is 0.873. The van der Waals surface area contributed by atoms with Gasteiger partial charge in [0.1, 0.15) is 5.03 Å². The zero-order valence-electron chi connectivity index (χ0n) is 13.0. The zero-order valence-corrected chi connectivity index (χ0v) is 14.6. The van der Waals surface area contributed by atoms with Gasteiger partial charge >= 0.3 is 6.18 Å². The molecule has 1 saturated heterocycles. The molecule has 0 amide bonds. The van der Waals surface area contributed by atoms with Gasteiger partial charge in [-0.25, -0.2) is 8.42 Å². The van der Waals surface area contributed by atoms with Gasteiger partial charge in [0, 0.05) is 25.0 Å². The minimum atomic E-state index is -5.07. The number of piperidine rings is 1. The van der Waals surface area contributed by atoms with Gasteiger partial charge in [-0.15, -0.1) is 0 Å². The van der Waals surface area contributed by atoms with E-state index in [1.54, 1.807) is 0 Å². The number of nitrogens with zero attached hydrogens (tertiary/aromatic N) is 1. The first-order valence-corrected chi connectivity index (χ1v) is 9.28. The molecule has 1 aromatic carbocycles. The summed E-state index contributed by atoms with van der Waals surface area (Å²) in [5, 5.41) is 1.37. The van der Waals surface area contributed by atoms with Crippen LogP contribution in [-0.2, 0) is 14.8 Å². The van der Waals surface area contributed by atoms with E-state index < -0.39 is 27.0 Å². The van der Waals surface area contributed by atoms with Gasteiger partial charge in [0.25, 0.3) is 5.78 Å². The van der Waals surface area contributed by atoms with Gasteiger partial charge in [0.05, 0.1) is 4.90 Å². The van der Waals surface area contributed by atoms with E-state index in [4.69, 9.17) is 11.6 Å². The van der Waals surface area contributed by atoms with Crippen molar-refractivity contribution in [2.45, 2.75) is 30.3 Å². The van der Waals surface area contributed by atoms with E-state index in [0.29, 0.717) is 19.3 Å². The summed E-state index contributed by atoms with van der Waals surface area (Å²) >= 11 is 5.32. The molecule has 0 unspecified atom stereocenters. The number of ketones is 1. The topological polar surface area (TPSA) is 66.5 Å². The molecule has 25 heavy (non-hydrogen) atoms. The number of Topliss-reactive ketones (excluding diaryl/α,β-unsaturated/α-hetero) is 1. The van der Waals surface area contributed by atoms with Crippen LogP contribution in [0.2, 0.25) is 0 Å². The van der Waals surface area contributed by atoms with Crippen molar-refractivity contribution in [2.24, 2.45) is 0 Å². The number of anilines is 1. The van der Waals surface area contributed by atoms with E-state index in [9.17, 15) is 26.4 Å². The molecule has 138 valence electrons. The zero-order chi connectivity index (χ0) is 18.7. The SMILES string of the molecule is O=C(/C(Cl)=C/Nc1cccc(S(=O)(=O)N2CCCCC2)c1)C(F)(F)F. The number of hydrogen-bond donors (Lipinski definition) is 1. The molecule has 1 aliphatic rings. The molecule has 0 radical (unpaired) electrons. The van der Waals surface area contributed by atoms with E-state index in [2.05, 4.69) is 5.32 Å². The van der Waals surface area contributed by atoms with Gasteiger partial charge in [-0.1, -0.05) is 24.1 Å². The third kappa shape index (κ3) is 4.96. The predicted octanol–water partition coefficient (Wildman–Crippen LogP) is 3.48. The molecule has 0 atom stereocenters. The van der Waals surface area contributed by atoms with Crippen LogP contribution in [0.5, 0.6) is 0 Å². The Kier molecular flexibility index (Phi) is 6.12. The molecule has 0 saturated carbocycles. The van der Waals surface area contributed by atoms with E-state index in [1.807, 2.05) is 0 Å². The van der Waals surface area contributed by atoms with Crippen LogP contribution in [0.4, 0.5) is 18.9 Å². The highest BCUT2D eigenvalue weighted by Gasteiger charge is 2.40. The molecule has 0 bridgehead atoms. The lowest BCUT2D eigenvalue weighted by molar-refractivity contribution is -0.165. The first-order chi connectivity index (χ1) is 11.6. The van der Waals surface area contributed by atoms with Crippen molar-refractivity contribution in [2.75, 3.05) is 18.4 Å². The molecule has 1 N–H and O–H groups in total. The fourth-order valence-electron chi connectivity index (χ4n) is 2.35. The van der Waals surface area contributed by atoms with Crippen molar-refractivity contribution in [1.82, 2.24) is 4.31 Å². The number of nitrogens with one attached hydrogen (secondary N) is 1. The normalized spacial score (nSPS) is 17.4. The summed E-state index contributed by atoms with van der Waals surface area (Å²) < 4.78 is 63.3. The number of alkyl halides is 3. The fraction of sp³-hybridized carbons (Fsp3) is 0.400. The summed E-state index contributed by atoms with van der Waals surface area (Å²) in [6.07, 6.45) is -1.84. The van der Waals surface area contributed by atoms with Gasteiger partial charge in [-0.3, -0.25) is 4.79 Å². The average molecular weight is 397 g/mol. The first kappa shape index (κ1) is 19.7. The summed E-state index contributed by atoms with van der Waals surface area (Å²) in [6, 6.07) is 5.59. The van der Waals surface area contributed by atoms with Crippen molar-refractivity contribution in [3.8, 4) is 0 Å². The summed E-state index contributed by atoms with van der Waals surface area (Å²) in [5.41, 5.74) is 0.200. The van der Waals surface area contributed by atoms with Crippen LogP contribution in [-0.4, -0.2) is 37.8 Å². The Balaban J connectivity index is 2.17. The number of sulfonamides is 1. The van der Waals surface area contributed by atoms with E-state index >= 15 is 0 Å². The minimum absolute atomic E-state index is 0.0195. The van der Waals surface area contributed by atoms with Crippen molar-refractivity contribution < 1.29 is 26.4 Å². The Morgan fingerprint density at radius 3 is 2.44 bits per heavy atom. The summed E-state index contributed by atoms with van der Waals surface area (Å²) in [5.74, 6) is -2.18. The molecular weight excluding hydrogens is 381 g/mol. The second kappa shape index (κ2) is 7.76. The van der Waals surface area contributed by atoms with Crippen LogP contribution in [0.25, 0.3) is 0 Å². The highest BCUT2D eigenvalue weighted by Crippen LogP contribution is 2.25. The minimum Gasteiger partial charge on any atom is -0.360 e. The Bertz CT molecular complexity index is 772. The van der Waals surface area contributed by atoms with Crippen LogP contribution in [0.1, 0.15) is 19.3 Å². The van der Waals surface area contributed by atoms with Crippen LogP contribution < -0.4 is 5.32 Å². The third-order valence-electron chi connectivity index (χ3n) is 3.63. The molecule has 1 aromatic rings. The molecule has 0 aliphatic carbocycles. The highest BCUT2D eigenvalue weighted by atomic mass is 35.5. The number of halogens is 4. The highest BCUT2D eigenvalue weighted by molar-refractivity contribution is 7.89. The number of allylic oxidation sites excluding steroid dienone is 1. The van der Waals surface area contributed by atoms with E-state index in [0.717, 1.165) is 19.3 Å². The van der Waals surface area contributed by atoms with Crippen LogP contribution in [0, 0.1) is 0 Å².